The second-order valence-corrected chi connectivity index (χ2v) is 3.10. The fourth-order valence-electron chi connectivity index (χ4n) is 0.142. The third-order valence-corrected chi connectivity index (χ3v) is 1.16. The van der Waals surface area contributed by atoms with Crippen LogP contribution in [0, 0.1) is 0 Å². The highest BCUT2D eigenvalue weighted by atomic mass is 35.5. The molecule has 0 saturated heterocycles. The average molecular weight is 235 g/mol. The summed E-state index contributed by atoms with van der Waals surface area (Å²) in [5, 5.41) is 2.00. The van der Waals surface area contributed by atoms with E-state index in [0.29, 0.717) is 0 Å². The van der Waals surface area contributed by atoms with Gasteiger partial charge in [0, 0.05) is 14.1 Å². The van der Waals surface area contributed by atoms with E-state index in [1.54, 1.807) is 14.1 Å². The Morgan fingerprint density at radius 3 is 1.92 bits per heavy atom. The van der Waals surface area contributed by atoms with Crippen molar-refractivity contribution in [2.24, 2.45) is 0 Å². The van der Waals surface area contributed by atoms with Crippen molar-refractivity contribution in [3.63, 3.8) is 0 Å². The largest absolute Gasteiger partial charge is 1.00 e. The second kappa shape index (κ2) is 13.9. The third-order valence-electron chi connectivity index (χ3n) is 0.511. The fourth-order valence-corrected chi connectivity index (χ4v) is 0.728. The average Bonchev–Trinajstić information content (AvgIpc) is 1.90. The molecule has 2 N–H and O–H groups in total. The van der Waals surface area contributed by atoms with Crippen LogP contribution in [0.3, 0.4) is 0 Å². The van der Waals surface area contributed by atoms with Gasteiger partial charge >= 0.3 is 6.09 Å². The van der Waals surface area contributed by atoms with E-state index >= 15 is 0 Å². The van der Waals surface area contributed by atoms with Gasteiger partial charge < -0.3 is 27.1 Å². The van der Waals surface area contributed by atoms with E-state index in [0.717, 1.165) is 0 Å². The number of nitrogens with zero attached hydrogens (tertiary/aromatic N) is 1. The lowest BCUT2D eigenvalue weighted by Crippen LogP contribution is -3.00. The molecule has 0 rings (SSSR count). The quantitative estimate of drug-likeness (QED) is 0.488. The number of carbonyl (C=O) groups is 1. The zero-order valence-electron chi connectivity index (χ0n) is 7.80. The monoisotopic (exact) mass is 234 g/mol. The molecule has 0 spiro atoms. The van der Waals surface area contributed by atoms with E-state index in [4.69, 9.17) is 0 Å². The summed E-state index contributed by atoms with van der Waals surface area (Å²) >= 11 is 0. The van der Waals surface area contributed by atoms with Gasteiger partial charge in [0.05, 0.1) is 22.6 Å². The number of halogens is 1. The zero-order chi connectivity index (χ0) is 9.28. The first-order valence-electron chi connectivity index (χ1n) is 3.17. The molecule has 0 aromatic heterocycles. The molecule has 0 saturated carbocycles. The number of rotatable bonds is 1. The van der Waals surface area contributed by atoms with Crippen LogP contribution in [0.5, 0.6) is 0 Å². The van der Waals surface area contributed by atoms with Crippen LogP contribution in [0.25, 0.3) is 0 Å². The van der Waals surface area contributed by atoms with E-state index in [-0.39, 0.29) is 27.0 Å². The van der Waals surface area contributed by atoms with E-state index in [1.807, 2.05) is 19.4 Å². The van der Waals surface area contributed by atoms with Gasteiger partial charge in [-0.3, -0.25) is 0 Å². The van der Waals surface area contributed by atoms with Gasteiger partial charge in [-0.25, -0.2) is 4.79 Å². The molecule has 12 heavy (non-hydrogen) atoms. The number of quaternary nitrogens is 1. The van der Waals surface area contributed by atoms with Gasteiger partial charge in [0.15, 0.2) is 0 Å². The third kappa shape index (κ3) is 16.8. The highest BCUT2D eigenvalue weighted by molar-refractivity contribution is 8.00. The fraction of sp³-hybridized carbons (Fsp3) is 0.800. The lowest BCUT2D eigenvalue weighted by molar-refractivity contribution is -0.597. The Balaban J connectivity index is -0.000000177. The standard InChI is InChI=1S/C3H9NO2P2.C2H7N.ClH/c1-4(2)3(5)6-8-7;1-3-2;/h8H,7H2,1-2H3;3H,1-2H3;1H. The van der Waals surface area contributed by atoms with Crippen molar-refractivity contribution < 1.29 is 27.0 Å². The van der Waals surface area contributed by atoms with Crippen molar-refractivity contribution in [2.75, 3.05) is 28.2 Å². The van der Waals surface area contributed by atoms with E-state index in [1.165, 1.54) is 4.90 Å². The molecule has 0 aliphatic rings. The Hall–Kier alpha value is 0.380. The molecule has 0 aromatic carbocycles. The SMILES string of the molecule is CN(C)C(=O)OPP.C[NH2+]C.[Cl-]. The van der Waals surface area contributed by atoms with E-state index < -0.39 is 0 Å². The minimum absolute atomic E-state index is 0. The maximum atomic E-state index is 10.4. The normalized spacial score (nSPS) is 8.08. The van der Waals surface area contributed by atoms with E-state index in [2.05, 4.69) is 13.5 Å². The molecule has 7 heteroatoms. The molecular formula is C5H17ClN2O2P2. The first-order chi connectivity index (χ1) is 5.09. The van der Waals surface area contributed by atoms with Crippen LogP contribution in [0.15, 0.2) is 0 Å². The smallest absolute Gasteiger partial charge is 0.411 e. The predicted octanol–water partition coefficient (Wildman–Crippen LogP) is -3.12. The van der Waals surface area contributed by atoms with Gasteiger partial charge in [0.25, 0.3) is 0 Å². The van der Waals surface area contributed by atoms with Crippen LogP contribution in [-0.4, -0.2) is 39.2 Å². The molecule has 0 aromatic rings. The van der Waals surface area contributed by atoms with Gasteiger partial charge in [-0.2, -0.15) is 0 Å². The number of hydrogen-bond donors (Lipinski definition) is 1. The van der Waals surface area contributed by atoms with Crippen molar-refractivity contribution in [2.45, 2.75) is 0 Å². The Bertz CT molecular complexity index is 105. The van der Waals surface area contributed by atoms with Crippen LogP contribution in [0.4, 0.5) is 4.79 Å². The lowest BCUT2D eigenvalue weighted by Gasteiger charge is -2.07. The Kier molecular flexibility index (Phi) is 21.2. The molecule has 0 aliphatic carbocycles. The zero-order valence-corrected chi connectivity index (χ0v) is 10.7. The molecule has 76 valence electrons. The maximum Gasteiger partial charge on any atom is 0.411 e. The van der Waals surface area contributed by atoms with Crippen molar-refractivity contribution >= 4 is 23.5 Å². The first-order valence-corrected chi connectivity index (χ1v) is 5.89. The molecule has 4 nitrogen and oxygen atoms in total. The van der Waals surface area contributed by atoms with Crippen LogP contribution in [-0.2, 0) is 4.52 Å². The Morgan fingerprint density at radius 1 is 1.50 bits per heavy atom. The molecule has 0 heterocycles. The van der Waals surface area contributed by atoms with Crippen molar-refractivity contribution in [3.8, 4) is 0 Å². The summed E-state index contributed by atoms with van der Waals surface area (Å²) in [6.45, 7) is 0. The highest BCUT2D eigenvalue weighted by Crippen LogP contribution is 2.21. The highest BCUT2D eigenvalue weighted by Gasteiger charge is 2.00. The number of carbonyl (C=O) groups excluding carboxylic acids is 1. The molecular weight excluding hydrogens is 217 g/mol. The number of hydrogen-bond acceptors (Lipinski definition) is 2. The summed E-state index contributed by atoms with van der Waals surface area (Å²) in [5.74, 6) is 0. The van der Waals surface area contributed by atoms with Gasteiger partial charge in [0.1, 0.15) is 0 Å². The maximum absolute atomic E-state index is 10.4. The second-order valence-electron chi connectivity index (χ2n) is 1.96. The van der Waals surface area contributed by atoms with Crippen LogP contribution >= 0.6 is 17.4 Å². The first kappa shape index (κ1) is 18.2. The van der Waals surface area contributed by atoms with Crippen LogP contribution in [0.1, 0.15) is 0 Å². The van der Waals surface area contributed by atoms with E-state index in [9.17, 15) is 4.79 Å². The summed E-state index contributed by atoms with van der Waals surface area (Å²) in [5.41, 5.74) is 0. The molecule has 1 amide bonds. The van der Waals surface area contributed by atoms with Gasteiger partial charge in [-0.05, 0) is 0 Å². The van der Waals surface area contributed by atoms with Gasteiger partial charge in [-0.15, -0.1) is 0 Å². The number of nitrogens with two attached hydrogens (primary N) is 1. The van der Waals surface area contributed by atoms with Crippen LogP contribution in [0.2, 0.25) is 0 Å². The molecule has 0 radical (unpaired) electrons. The molecule has 2 atom stereocenters. The van der Waals surface area contributed by atoms with Gasteiger partial charge in [-0.1, -0.05) is 8.93 Å². The van der Waals surface area contributed by atoms with Crippen LogP contribution < -0.4 is 17.7 Å². The molecule has 0 bridgehead atoms. The molecule has 0 aliphatic heterocycles. The number of amides is 1. The Labute approximate surface area is 84.2 Å². The minimum Gasteiger partial charge on any atom is -1.00 e. The molecule has 0 fully saturated rings. The topological polar surface area (TPSA) is 46.2 Å². The lowest BCUT2D eigenvalue weighted by atomic mass is 10.9. The minimum atomic E-state index is -0.293. The van der Waals surface area contributed by atoms with Gasteiger partial charge in [0.2, 0.25) is 0 Å². The van der Waals surface area contributed by atoms with Crippen molar-refractivity contribution in [1.29, 1.82) is 0 Å². The molecule has 2 unspecified atom stereocenters. The van der Waals surface area contributed by atoms with Crippen molar-refractivity contribution in [1.82, 2.24) is 4.90 Å². The van der Waals surface area contributed by atoms with Crippen molar-refractivity contribution in [3.05, 3.63) is 0 Å². The summed E-state index contributed by atoms with van der Waals surface area (Å²) in [6.07, 6.45) is -0.293. The summed E-state index contributed by atoms with van der Waals surface area (Å²) in [4.78, 5) is 11.8. The summed E-state index contributed by atoms with van der Waals surface area (Å²) in [6, 6.07) is 0. The summed E-state index contributed by atoms with van der Waals surface area (Å²) < 4.78 is 4.58. The summed E-state index contributed by atoms with van der Waals surface area (Å²) in [7, 11) is 9.77. The Morgan fingerprint density at radius 2 is 1.83 bits per heavy atom. The predicted molar refractivity (Wildman–Crippen MR) is 52.0 cm³/mol.